The number of piperidine rings is 1. The van der Waals surface area contributed by atoms with Gasteiger partial charge in [-0.3, -0.25) is 9.59 Å². The van der Waals surface area contributed by atoms with Gasteiger partial charge < -0.3 is 10.2 Å². The van der Waals surface area contributed by atoms with Crippen LogP contribution >= 0.6 is 23.5 Å². The Morgan fingerprint density at radius 3 is 2.19 bits per heavy atom. The quantitative estimate of drug-likeness (QED) is 0.812. The summed E-state index contributed by atoms with van der Waals surface area (Å²) in [5.41, 5.74) is 1.68. The molecule has 3 rings (SSSR count). The van der Waals surface area contributed by atoms with Crippen molar-refractivity contribution in [2.45, 2.75) is 50.7 Å². The first-order valence-corrected chi connectivity index (χ1v) is 11.9. The Bertz CT molecular complexity index is 656. The largest absolute Gasteiger partial charge is 0.349 e. The molecule has 0 aromatic heterocycles. The fourth-order valence-electron chi connectivity index (χ4n) is 3.44. The summed E-state index contributed by atoms with van der Waals surface area (Å²) in [4.78, 5) is 26.9. The van der Waals surface area contributed by atoms with Crippen LogP contribution in [0.3, 0.4) is 0 Å². The van der Waals surface area contributed by atoms with Gasteiger partial charge in [0.05, 0.1) is 4.58 Å². The second-order valence-corrected chi connectivity index (χ2v) is 11.1. The van der Waals surface area contributed by atoms with E-state index in [4.69, 9.17) is 0 Å². The Balaban J connectivity index is 1.50. The Morgan fingerprint density at radius 1 is 1.04 bits per heavy atom. The normalized spacial score (nSPS) is 19.7. The fourth-order valence-corrected chi connectivity index (χ4v) is 6.34. The lowest BCUT2D eigenvalue weighted by Gasteiger charge is -2.36. The van der Waals surface area contributed by atoms with Crippen LogP contribution in [-0.2, 0) is 4.79 Å². The Hall–Kier alpha value is -1.14. The van der Waals surface area contributed by atoms with Gasteiger partial charge in [-0.15, -0.1) is 23.5 Å². The summed E-state index contributed by atoms with van der Waals surface area (Å²) in [5, 5.41) is 3.15. The number of rotatable bonds is 3. The molecule has 2 aliphatic heterocycles. The number of benzene rings is 1. The maximum atomic E-state index is 12.6. The molecule has 1 N–H and O–H groups in total. The molecule has 4 nitrogen and oxygen atoms in total. The van der Waals surface area contributed by atoms with E-state index in [1.54, 1.807) is 0 Å². The van der Waals surface area contributed by atoms with Gasteiger partial charge in [-0.05, 0) is 48.5 Å². The number of nitrogens with zero attached hydrogens (tertiary/aromatic N) is 1. The highest BCUT2D eigenvalue weighted by molar-refractivity contribution is 8.16. The van der Waals surface area contributed by atoms with Crippen LogP contribution in [0, 0.1) is 5.41 Å². The van der Waals surface area contributed by atoms with Gasteiger partial charge in [-0.1, -0.05) is 32.9 Å². The van der Waals surface area contributed by atoms with Gasteiger partial charge in [0.15, 0.2) is 0 Å². The standard InChI is InChI=1S/C21H30N2O2S2/c1-21(2,3)20(25)23-11-9-17(10-12-23)22-18(24)15-5-7-16(8-6-15)19-26-13-4-14-27-19/h5-8,17,19H,4,9-14H2,1-3H3,(H,22,24). The van der Waals surface area contributed by atoms with Crippen LogP contribution in [0.2, 0.25) is 0 Å². The zero-order valence-corrected chi connectivity index (χ0v) is 18.1. The van der Waals surface area contributed by atoms with Crippen molar-refractivity contribution in [3.63, 3.8) is 0 Å². The third kappa shape index (κ3) is 5.44. The number of amides is 2. The summed E-state index contributed by atoms with van der Waals surface area (Å²) >= 11 is 3.99. The van der Waals surface area contributed by atoms with Gasteiger partial charge in [0.25, 0.3) is 5.91 Å². The molecule has 0 bridgehead atoms. The van der Waals surface area contributed by atoms with E-state index < -0.39 is 0 Å². The van der Waals surface area contributed by atoms with Gasteiger partial charge in [-0.25, -0.2) is 0 Å². The first-order chi connectivity index (χ1) is 12.8. The molecule has 0 aliphatic carbocycles. The Morgan fingerprint density at radius 2 is 1.63 bits per heavy atom. The first kappa shape index (κ1) is 20.6. The molecule has 27 heavy (non-hydrogen) atoms. The lowest BCUT2D eigenvalue weighted by molar-refractivity contribution is -0.140. The molecule has 2 amide bonds. The lowest BCUT2D eigenvalue weighted by atomic mass is 9.93. The highest BCUT2D eigenvalue weighted by Gasteiger charge is 2.30. The molecule has 0 unspecified atom stereocenters. The zero-order chi connectivity index (χ0) is 19.4. The van der Waals surface area contributed by atoms with Crippen LogP contribution in [0.15, 0.2) is 24.3 Å². The van der Waals surface area contributed by atoms with Gasteiger partial charge in [0.2, 0.25) is 5.91 Å². The van der Waals surface area contributed by atoms with Crippen molar-refractivity contribution >= 4 is 35.3 Å². The Labute approximate surface area is 171 Å². The van der Waals surface area contributed by atoms with Crippen LogP contribution in [0.5, 0.6) is 0 Å². The number of hydrogen-bond acceptors (Lipinski definition) is 4. The monoisotopic (exact) mass is 406 g/mol. The Kier molecular flexibility index (Phi) is 6.79. The van der Waals surface area contributed by atoms with Crippen molar-refractivity contribution in [2.24, 2.45) is 5.41 Å². The molecule has 2 aliphatic rings. The number of likely N-dealkylation sites (tertiary alicyclic amines) is 1. The van der Waals surface area contributed by atoms with E-state index in [9.17, 15) is 9.59 Å². The second-order valence-electron chi connectivity index (χ2n) is 8.34. The summed E-state index contributed by atoms with van der Waals surface area (Å²) in [6.07, 6.45) is 2.93. The maximum absolute atomic E-state index is 12.6. The second kappa shape index (κ2) is 8.91. The third-order valence-electron chi connectivity index (χ3n) is 5.03. The highest BCUT2D eigenvalue weighted by Crippen LogP contribution is 2.43. The summed E-state index contributed by atoms with van der Waals surface area (Å²) in [6, 6.07) is 8.22. The van der Waals surface area contributed by atoms with Gasteiger partial charge in [0.1, 0.15) is 0 Å². The average Bonchev–Trinajstić information content (AvgIpc) is 2.68. The van der Waals surface area contributed by atoms with E-state index in [-0.39, 0.29) is 23.3 Å². The summed E-state index contributed by atoms with van der Waals surface area (Å²) in [6.45, 7) is 7.30. The molecule has 2 heterocycles. The SMILES string of the molecule is CC(C)(C)C(=O)N1CCC(NC(=O)c2ccc(C3SCCCS3)cc2)CC1. The zero-order valence-electron chi connectivity index (χ0n) is 16.5. The molecule has 148 valence electrons. The molecule has 0 radical (unpaired) electrons. The number of thioether (sulfide) groups is 2. The summed E-state index contributed by atoms with van der Waals surface area (Å²) < 4.78 is 0.501. The van der Waals surface area contributed by atoms with E-state index in [0.29, 0.717) is 4.58 Å². The van der Waals surface area contributed by atoms with Gasteiger partial charge in [-0.2, -0.15) is 0 Å². The smallest absolute Gasteiger partial charge is 0.251 e. The molecule has 0 atom stereocenters. The van der Waals surface area contributed by atoms with Gasteiger partial charge in [0, 0.05) is 30.1 Å². The van der Waals surface area contributed by atoms with Crippen molar-refractivity contribution in [1.82, 2.24) is 10.2 Å². The van der Waals surface area contributed by atoms with E-state index in [0.717, 1.165) is 31.5 Å². The minimum absolute atomic E-state index is 0.00824. The summed E-state index contributed by atoms with van der Waals surface area (Å²) in [7, 11) is 0. The van der Waals surface area contributed by atoms with Crippen LogP contribution in [-0.4, -0.2) is 47.4 Å². The predicted octanol–water partition coefficient (Wildman–Crippen LogP) is 4.32. The van der Waals surface area contributed by atoms with Crippen LogP contribution in [0.25, 0.3) is 0 Å². The molecule has 6 heteroatoms. The number of hydrogen-bond donors (Lipinski definition) is 1. The molecule has 0 saturated carbocycles. The number of carbonyl (C=O) groups is 2. The van der Waals surface area contributed by atoms with Crippen molar-refractivity contribution in [1.29, 1.82) is 0 Å². The highest BCUT2D eigenvalue weighted by atomic mass is 32.2. The molecule has 2 fully saturated rings. The molecular weight excluding hydrogens is 376 g/mol. The van der Waals surface area contributed by atoms with Crippen molar-refractivity contribution in [2.75, 3.05) is 24.6 Å². The van der Waals surface area contributed by atoms with Crippen LogP contribution in [0.1, 0.15) is 60.5 Å². The van der Waals surface area contributed by atoms with E-state index in [1.165, 1.54) is 23.5 Å². The van der Waals surface area contributed by atoms with Gasteiger partial charge >= 0.3 is 0 Å². The van der Waals surface area contributed by atoms with Crippen LogP contribution < -0.4 is 5.32 Å². The number of carbonyl (C=O) groups excluding carboxylic acids is 2. The minimum atomic E-state index is -0.341. The molecule has 0 spiro atoms. The molecular formula is C21H30N2O2S2. The van der Waals surface area contributed by atoms with E-state index in [1.807, 2.05) is 61.3 Å². The third-order valence-corrected chi connectivity index (χ3v) is 8.05. The molecule has 2 saturated heterocycles. The van der Waals surface area contributed by atoms with Crippen molar-refractivity contribution in [3.8, 4) is 0 Å². The maximum Gasteiger partial charge on any atom is 0.251 e. The summed E-state index contributed by atoms with van der Waals surface area (Å²) in [5.74, 6) is 2.62. The van der Waals surface area contributed by atoms with Crippen molar-refractivity contribution < 1.29 is 9.59 Å². The van der Waals surface area contributed by atoms with Crippen molar-refractivity contribution in [3.05, 3.63) is 35.4 Å². The minimum Gasteiger partial charge on any atom is -0.349 e. The number of nitrogens with one attached hydrogen (secondary N) is 1. The fraction of sp³-hybridized carbons (Fsp3) is 0.619. The predicted molar refractivity (Wildman–Crippen MR) is 115 cm³/mol. The molecule has 1 aromatic carbocycles. The van der Waals surface area contributed by atoms with Crippen LogP contribution in [0.4, 0.5) is 0 Å². The van der Waals surface area contributed by atoms with E-state index in [2.05, 4.69) is 17.4 Å². The topological polar surface area (TPSA) is 49.4 Å². The average molecular weight is 407 g/mol. The van der Waals surface area contributed by atoms with E-state index >= 15 is 0 Å². The lowest BCUT2D eigenvalue weighted by Crippen LogP contribution is -2.49. The first-order valence-electron chi connectivity index (χ1n) is 9.78. The molecule has 1 aromatic rings.